The summed E-state index contributed by atoms with van der Waals surface area (Å²) in [5.74, 6) is -0.234. The molecule has 0 fully saturated rings. The third-order valence-corrected chi connectivity index (χ3v) is 3.98. The van der Waals surface area contributed by atoms with E-state index in [0.717, 1.165) is 6.42 Å². The lowest BCUT2D eigenvalue weighted by Crippen LogP contribution is -2.47. The Bertz CT molecular complexity index is 690. The number of rotatable bonds is 10. The summed E-state index contributed by atoms with van der Waals surface area (Å²) in [4.78, 5) is 36.2. The van der Waals surface area contributed by atoms with Crippen LogP contribution in [-0.4, -0.2) is 49.6 Å². The van der Waals surface area contributed by atoms with Gasteiger partial charge in [0.2, 0.25) is 5.91 Å². The van der Waals surface area contributed by atoms with Gasteiger partial charge in [-0.1, -0.05) is 6.92 Å². The molecule has 0 radical (unpaired) electrons. The molecule has 0 heterocycles. The summed E-state index contributed by atoms with van der Waals surface area (Å²) >= 11 is 0. The molecule has 1 aromatic carbocycles. The van der Waals surface area contributed by atoms with E-state index in [1.807, 2.05) is 27.7 Å². The largest absolute Gasteiger partial charge is 0.493 e. The van der Waals surface area contributed by atoms with Gasteiger partial charge in [0, 0.05) is 17.6 Å². The van der Waals surface area contributed by atoms with Gasteiger partial charge in [-0.25, -0.2) is 0 Å². The monoisotopic (exact) mass is 393 g/mol. The van der Waals surface area contributed by atoms with Gasteiger partial charge in [-0.15, -0.1) is 0 Å². The highest BCUT2D eigenvalue weighted by Crippen LogP contribution is 2.28. The summed E-state index contributed by atoms with van der Waals surface area (Å²) in [5.41, 5.74) is 0.319. The summed E-state index contributed by atoms with van der Waals surface area (Å²) in [6.45, 7) is 9.05. The lowest BCUT2D eigenvalue weighted by Gasteiger charge is -2.18. The second-order valence-electron chi connectivity index (χ2n) is 6.89. The number of carbonyl (C=O) groups is 3. The minimum absolute atomic E-state index is 0.0172. The van der Waals surface area contributed by atoms with Gasteiger partial charge in [0.25, 0.3) is 11.8 Å². The van der Waals surface area contributed by atoms with Crippen molar-refractivity contribution in [2.45, 2.75) is 59.2 Å². The van der Waals surface area contributed by atoms with Crippen LogP contribution in [0.15, 0.2) is 18.2 Å². The lowest BCUT2D eigenvalue weighted by molar-refractivity contribution is -0.124. The molecule has 0 aromatic heterocycles. The number of hydrogen-bond acceptors (Lipinski definition) is 5. The van der Waals surface area contributed by atoms with Crippen molar-refractivity contribution in [1.29, 1.82) is 0 Å². The molecule has 1 rings (SSSR count). The van der Waals surface area contributed by atoms with Gasteiger partial charge < -0.3 is 25.4 Å². The first-order valence-corrected chi connectivity index (χ1v) is 9.39. The Morgan fingerprint density at radius 3 is 2.25 bits per heavy atom. The minimum Gasteiger partial charge on any atom is -0.493 e. The number of amides is 3. The van der Waals surface area contributed by atoms with Crippen molar-refractivity contribution in [2.75, 3.05) is 13.7 Å². The van der Waals surface area contributed by atoms with Crippen LogP contribution in [0.3, 0.4) is 0 Å². The minimum atomic E-state index is -0.678. The Labute approximate surface area is 166 Å². The third kappa shape index (κ3) is 7.46. The van der Waals surface area contributed by atoms with Crippen molar-refractivity contribution in [2.24, 2.45) is 0 Å². The zero-order valence-corrected chi connectivity index (χ0v) is 17.4. The van der Waals surface area contributed by atoms with Crippen LogP contribution in [-0.2, 0) is 9.59 Å². The summed E-state index contributed by atoms with van der Waals surface area (Å²) in [7, 11) is 1.44. The zero-order valence-electron chi connectivity index (χ0n) is 17.4. The van der Waals surface area contributed by atoms with Crippen LogP contribution in [0, 0.1) is 0 Å². The van der Waals surface area contributed by atoms with Crippen LogP contribution in [0.5, 0.6) is 11.5 Å². The SMILES string of the molecule is CCC(C)NC(=O)C(C)NC(=O)c1ccc(OCC(=O)NC(C)C)c(OC)c1. The van der Waals surface area contributed by atoms with E-state index in [1.54, 1.807) is 19.1 Å². The zero-order chi connectivity index (χ0) is 21.3. The number of carbonyl (C=O) groups excluding carboxylic acids is 3. The smallest absolute Gasteiger partial charge is 0.258 e. The molecule has 3 N–H and O–H groups in total. The van der Waals surface area contributed by atoms with E-state index >= 15 is 0 Å². The molecule has 8 heteroatoms. The Hall–Kier alpha value is -2.77. The van der Waals surface area contributed by atoms with E-state index in [4.69, 9.17) is 9.47 Å². The molecule has 3 amide bonds. The molecule has 2 atom stereocenters. The summed E-state index contributed by atoms with van der Waals surface area (Å²) in [5, 5.41) is 8.20. The Balaban J connectivity index is 2.75. The maximum absolute atomic E-state index is 12.4. The molecule has 2 unspecified atom stereocenters. The van der Waals surface area contributed by atoms with E-state index in [0.29, 0.717) is 17.1 Å². The highest BCUT2D eigenvalue weighted by atomic mass is 16.5. The molecule has 0 spiro atoms. The van der Waals surface area contributed by atoms with Gasteiger partial charge in [0.1, 0.15) is 6.04 Å². The quantitative estimate of drug-likeness (QED) is 0.560. The van der Waals surface area contributed by atoms with E-state index in [9.17, 15) is 14.4 Å². The topological polar surface area (TPSA) is 106 Å². The first-order chi connectivity index (χ1) is 13.2. The van der Waals surface area contributed by atoms with Crippen LogP contribution in [0.25, 0.3) is 0 Å². The Morgan fingerprint density at radius 1 is 1.00 bits per heavy atom. The van der Waals surface area contributed by atoms with Crippen LogP contribution < -0.4 is 25.4 Å². The molecule has 156 valence electrons. The van der Waals surface area contributed by atoms with Crippen molar-refractivity contribution < 1.29 is 23.9 Å². The van der Waals surface area contributed by atoms with Gasteiger partial charge in [0.15, 0.2) is 18.1 Å². The highest BCUT2D eigenvalue weighted by Gasteiger charge is 2.19. The molecule has 28 heavy (non-hydrogen) atoms. The van der Waals surface area contributed by atoms with Crippen molar-refractivity contribution in [3.63, 3.8) is 0 Å². The number of methoxy groups -OCH3 is 1. The van der Waals surface area contributed by atoms with Crippen molar-refractivity contribution in [3.05, 3.63) is 23.8 Å². The number of nitrogens with one attached hydrogen (secondary N) is 3. The first-order valence-electron chi connectivity index (χ1n) is 9.39. The lowest BCUT2D eigenvalue weighted by atomic mass is 10.1. The predicted octanol–water partition coefficient (Wildman–Crippen LogP) is 1.63. The van der Waals surface area contributed by atoms with Crippen LogP contribution in [0.2, 0.25) is 0 Å². The fourth-order valence-electron chi connectivity index (χ4n) is 2.25. The molecule has 0 aliphatic carbocycles. The Morgan fingerprint density at radius 2 is 1.68 bits per heavy atom. The summed E-state index contributed by atoms with van der Waals surface area (Å²) in [6, 6.07) is 3.99. The third-order valence-electron chi connectivity index (χ3n) is 3.98. The second-order valence-corrected chi connectivity index (χ2v) is 6.89. The van der Waals surface area contributed by atoms with Gasteiger partial charge >= 0.3 is 0 Å². The van der Waals surface area contributed by atoms with Crippen LogP contribution in [0.1, 0.15) is 51.4 Å². The molecule has 1 aromatic rings. The van der Waals surface area contributed by atoms with Gasteiger partial charge in [-0.05, 0) is 52.3 Å². The second kappa shape index (κ2) is 11.2. The molecular formula is C20H31N3O5. The highest BCUT2D eigenvalue weighted by molar-refractivity contribution is 5.98. The van der Waals surface area contributed by atoms with Crippen molar-refractivity contribution in [3.8, 4) is 11.5 Å². The first kappa shape index (κ1) is 23.3. The van der Waals surface area contributed by atoms with E-state index in [2.05, 4.69) is 16.0 Å². The molecule has 0 aliphatic rings. The molecule has 0 bridgehead atoms. The molecule has 0 aliphatic heterocycles. The van der Waals surface area contributed by atoms with E-state index in [-0.39, 0.29) is 30.5 Å². The van der Waals surface area contributed by atoms with Crippen molar-refractivity contribution in [1.82, 2.24) is 16.0 Å². The summed E-state index contributed by atoms with van der Waals surface area (Å²) in [6.07, 6.45) is 0.806. The fraction of sp³-hybridized carbons (Fsp3) is 0.550. The van der Waals surface area contributed by atoms with Gasteiger partial charge in [-0.3, -0.25) is 14.4 Å². The van der Waals surface area contributed by atoms with E-state index in [1.165, 1.54) is 13.2 Å². The normalized spacial score (nSPS) is 12.7. The standard InChI is InChI=1S/C20H31N3O5/c1-7-13(4)22-19(25)14(5)23-20(26)15-8-9-16(17(10-15)27-6)28-11-18(24)21-12(2)3/h8-10,12-14H,7,11H2,1-6H3,(H,21,24)(H,22,25)(H,23,26). The molecule has 0 saturated carbocycles. The molecule has 0 saturated heterocycles. The Kier molecular flexibility index (Phi) is 9.27. The maximum Gasteiger partial charge on any atom is 0.258 e. The predicted molar refractivity (Wildman–Crippen MR) is 107 cm³/mol. The van der Waals surface area contributed by atoms with Gasteiger partial charge in [-0.2, -0.15) is 0 Å². The number of hydrogen-bond donors (Lipinski definition) is 3. The molecular weight excluding hydrogens is 362 g/mol. The number of benzene rings is 1. The van der Waals surface area contributed by atoms with Crippen LogP contribution in [0.4, 0.5) is 0 Å². The maximum atomic E-state index is 12.4. The van der Waals surface area contributed by atoms with Gasteiger partial charge in [0.05, 0.1) is 7.11 Å². The molecule has 8 nitrogen and oxygen atoms in total. The van der Waals surface area contributed by atoms with E-state index < -0.39 is 11.9 Å². The summed E-state index contributed by atoms with van der Waals surface area (Å²) < 4.78 is 10.7. The van der Waals surface area contributed by atoms with Crippen molar-refractivity contribution >= 4 is 17.7 Å². The fourth-order valence-corrected chi connectivity index (χ4v) is 2.25. The number of ether oxygens (including phenoxy) is 2. The average Bonchev–Trinajstić information content (AvgIpc) is 2.65. The average molecular weight is 393 g/mol. The van der Waals surface area contributed by atoms with Crippen LogP contribution >= 0.6 is 0 Å².